The van der Waals surface area contributed by atoms with E-state index in [0.29, 0.717) is 6.04 Å². The number of urea groups is 1. The van der Waals surface area contributed by atoms with E-state index >= 15 is 0 Å². The molecule has 2 amide bonds. The molecule has 0 aromatic carbocycles. The molecule has 2 saturated heterocycles. The number of carbonyl (C=O) groups is 2. The molecule has 6 nitrogen and oxygen atoms in total. The lowest BCUT2D eigenvalue weighted by molar-refractivity contribution is -0.225. The smallest absolute Gasteiger partial charge is 0.320 e. The molecule has 2 heterocycles. The van der Waals surface area contributed by atoms with Crippen LogP contribution >= 0.6 is 0 Å². The SMILES string of the molecule is O=C1N(CC23CC(C(=O)O)(C2)C3)C[C@@H]2CNCCN12. The fraction of sp³-hybridized carbons (Fsp3) is 0.846. The predicted molar refractivity (Wildman–Crippen MR) is 66.7 cm³/mol. The summed E-state index contributed by atoms with van der Waals surface area (Å²) in [6.45, 7) is 4.12. The topological polar surface area (TPSA) is 72.9 Å². The Morgan fingerprint density at radius 2 is 2.16 bits per heavy atom. The third kappa shape index (κ3) is 1.40. The van der Waals surface area contributed by atoms with Gasteiger partial charge < -0.3 is 20.2 Å². The van der Waals surface area contributed by atoms with Crippen molar-refractivity contribution in [3.05, 3.63) is 0 Å². The summed E-state index contributed by atoms with van der Waals surface area (Å²) in [5.74, 6) is -0.649. The maximum Gasteiger partial charge on any atom is 0.320 e. The fourth-order valence-corrected chi connectivity index (χ4v) is 4.62. The molecule has 3 aliphatic carbocycles. The maximum absolute atomic E-state index is 12.3. The number of fused-ring (bicyclic) bond motifs is 1. The Hall–Kier alpha value is -1.30. The summed E-state index contributed by atoms with van der Waals surface area (Å²) < 4.78 is 0. The summed E-state index contributed by atoms with van der Waals surface area (Å²) >= 11 is 0. The molecule has 5 fully saturated rings. The van der Waals surface area contributed by atoms with Crippen molar-refractivity contribution < 1.29 is 14.7 Å². The summed E-state index contributed by atoms with van der Waals surface area (Å²) in [7, 11) is 0. The lowest BCUT2D eigenvalue weighted by Crippen LogP contribution is -2.68. The van der Waals surface area contributed by atoms with E-state index in [-0.39, 0.29) is 11.4 Å². The fourth-order valence-electron chi connectivity index (χ4n) is 4.62. The molecule has 2 aliphatic heterocycles. The van der Waals surface area contributed by atoms with E-state index in [1.807, 2.05) is 9.80 Å². The molecule has 0 radical (unpaired) electrons. The van der Waals surface area contributed by atoms with Crippen LogP contribution in [0, 0.1) is 10.8 Å². The quantitative estimate of drug-likeness (QED) is 0.750. The minimum Gasteiger partial charge on any atom is -0.481 e. The van der Waals surface area contributed by atoms with Gasteiger partial charge in [-0.1, -0.05) is 0 Å². The van der Waals surface area contributed by atoms with Gasteiger partial charge in [-0.3, -0.25) is 4.79 Å². The van der Waals surface area contributed by atoms with Crippen LogP contribution in [0.1, 0.15) is 19.3 Å². The van der Waals surface area contributed by atoms with Crippen molar-refractivity contribution in [2.24, 2.45) is 10.8 Å². The number of amides is 2. The number of carboxylic acids is 1. The van der Waals surface area contributed by atoms with Crippen LogP contribution in [0.4, 0.5) is 4.79 Å². The van der Waals surface area contributed by atoms with Crippen molar-refractivity contribution >= 4 is 12.0 Å². The summed E-state index contributed by atoms with van der Waals surface area (Å²) in [6.07, 6.45) is 2.30. The third-order valence-corrected chi connectivity index (χ3v) is 5.42. The Kier molecular flexibility index (Phi) is 2.07. The van der Waals surface area contributed by atoms with Gasteiger partial charge in [-0.25, -0.2) is 4.79 Å². The van der Waals surface area contributed by atoms with Gasteiger partial charge in [0.25, 0.3) is 0 Å². The second-order valence-corrected chi connectivity index (χ2v) is 6.83. The van der Waals surface area contributed by atoms with E-state index in [2.05, 4.69) is 5.32 Å². The lowest BCUT2D eigenvalue weighted by Gasteiger charge is -2.68. The molecule has 2 N–H and O–H groups in total. The molecule has 0 aromatic rings. The average Bonchev–Trinajstić information content (AvgIpc) is 2.59. The van der Waals surface area contributed by atoms with E-state index < -0.39 is 11.4 Å². The molecule has 6 heteroatoms. The summed E-state index contributed by atoms with van der Waals surface area (Å²) in [5, 5.41) is 12.4. The number of hydrogen-bond acceptors (Lipinski definition) is 3. The van der Waals surface area contributed by atoms with Crippen LogP contribution in [0.5, 0.6) is 0 Å². The van der Waals surface area contributed by atoms with Crippen LogP contribution in [0.15, 0.2) is 0 Å². The second kappa shape index (κ2) is 3.42. The molecule has 5 aliphatic rings. The van der Waals surface area contributed by atoms with Gasteiger partial charge in [-0.2, -0.15) is 0 Å². The Morgan fingerprint density at radius 3 is 2.79 bits per heavy atom. The zero-order valence-electron chi connectivity index (χ0n) is 10.9. The molecular weight excluding hydrogens is 246 g/mol. The number of rotatable bonds is 3. The van der Waals surface area contributed by atoms with Gasteiger partial charge in [0.15, 0.2) is 0 Å². The van der Waals surface area contributed by atoms with Crippen LogP contribution in [0.25, 0.3) is 0 Å². The lowest BCUT2D eigenvalue weighted by atomic mass is 9.35. The zero-order valence-corrected chi connectivity index (χ0v) is 10.9. The first kappa shape index (κ1) is 11.5. The third-order valence-electron chi connectivity index (χ3n) is 5.42. The minimum atomic E-state index is -0.649. The number of hydrogen-bond donors (Lipinski definition) is 2. The first-order chi connectivity index (χ1) is 9.04. The van der Waals surface area contributed by atoms with E-state index in [4.69, 9.17) is 5.11 Å². The predicted octanol–water partition coefficient (Wildman–Crippen LogP) is -0.0493. The highest BCUT2D eigenvalue weighted by Gasteiger charge is 2.72. The van der Waals surface area contributed by atoms with Gasteiger partial charge in [0.1, 0.15) is 0 Å². The molecule has 2 bridgehead atoms. The normalized spacial score (nSPS) is 43.6. The van der Waals surface area contributed by atoms with Gasteiger partial charge in [-0.15, -0.1) is 0 Å². The monoisotopic (exact) mass is 265 g/mol. The van der Waals surface area contributed by atoms with Gasteiger partial charge in [0.2, 0.25) is 0 Å². The molecule has 0 aromatic heterocycles. The van der Waals surface area contributed by atoms with E-state index in [1.165, 1.54) is 0 Å². The van der Waals surface area contributed by atoms with Crippen molar-refractivity contribution in [1.82, 2.24) is 15.1 Å². The van der Waals surface area contributed by atoms with Crippen molar-refractivity contribution in [1.29, 1.82) is 0 Å². The number of carboxylic acid groups (broad SMARTS) is 1. The van der Waals surface area contributed by atoms with Crippen LogP contribution in [0.3, 0.4) is 0 Å². The first-order valence-electron chi connectivity index (χ1n) is 7.03. The molecule has 1 atom stereocenters. The van der Waals surface area contributed by atoms with E-state index in [1.54, 1.807) is 0 Å². The van der Waals surface area contributed by atoms with Gasteiger partial charge in [0.05, 0.1) is 11.5 Å². The molecule has 3 saturated carbocycles. The highest BCUT2D eigenvalue weighted by molar-refractivity contribution is 5.80. The van der Waals surface area contributed by atoms with Crippen molar-refractivity contribution in [3.8, 4) is 0 Å². The Morgan fingerprint density at radius 1 is 1.42 bits per heavy atom. The van der Waals surface area contributed by atoms with Crippen LogP contribution in [-0.4, -0.2) is 65.7 Å². The van der Waals surface area contributed by atoms with E-state index in [0.717, 1.165) is 52.0 Å². The van der Waals surface area contributed by atoms with Crippen molar-refractivity contribution in [2.45, 2.75) is 25.3 Å². The maximum atomic E-state index is 12.3. The van der Waals surface area contributed by atoms with Crippen molar-refractivity contribution in [2.75, 3.05) is 32.7 Å². The Bertz CT molecular complexity index is 444. The standard InChI is InChI=1S/C13H19N3O3/c17-10(18)13-5-12(6-13,7-13)8-15-4-9-3-14-1-2-16(9)11(15)19/h9,14H,1-8H2,(H,17,18)/t9-,12?,13?/m0/s1. The Balaban J connectivity index is 1.40. The summed E-state index contributed by atoms with van der Waals surface area (Å²) in [6, 6.07) is 0.461. The molecule has 5 rings (SSSR count). The van der Waals surface area contributed by atoms with Gasteiger partial charge >= 0.3 is 12.0 Å². The number of nitrogens with one attached hydrogen (secondary N) is 1. The summed E-state index contributed by atoms with van der Waals surface area (Å²) in [5.41, 5.74) is -0.312. The average molecular weight is 265 g/mol. The summed E-state index contributed by atoms with van der Waals surface area (Å²) in [4.78, 5) is 27.3. The van der Waals surface area contributed by atoms with Crippen molar-refractivity contribution in [3.63, 3.8) is 0 Å². The molecule has 0 unspecified atom stereocenters. The highest BCUT2D eigenvalue weighted by Crippen LogP contribution is 2.73. The van der Waals surface area contributed by atoms with Crippen LogP contribution < -0.4 is 5.32 Å². The molecule has 0 spiro atoms. The largest absolute Gasteiger partial charge is 0.481 e. The molecule has 104 valence electrons. The number of nitrogens with zero attached hydrogens (tertiary/aromatic N) is 2. The minimum absolute atomic E-state index is 0.121. The van der Waals surface area contributed by atoms with Gasteiger partial charge in [0, 0.05) is 32.7 Å². The first-order valence-corrected chi connectivity index (χ1v) is 7.03. The zero-order chi connectivity index (χ0) is 13.3. The van der Waals surface area contributed by atoms with E-state index in [9.17, 15) is 9.59 Å². The number of aliphatic carboxylic acids is 1. The molecular formula is C13H19N3O3. The Labute approximate surface area is 111 Å². The number of piperazine rings is 1. The van der Waals surface area contributed by atoms with Gasteiger partial charge in [-0.05, 0) is 24.7 Å². The molecule has 19 heavy (non-hydrogen) atoms. The second-order valence-electron chi connectivity index (χ2n) is 6.83. The van der Waals surface area contributed by atoms with Crippen LogP contribution in [0.2, 0.25) is 0 Å². The van der Waals surface area contributed by atoms with Crippen LogP contribution in [-0.2, 0) is 4.79 Å². The number of carbonyl (C=O) groups excluding carboxylic acids is 1. The highest BCUT2D eigenvalue weighted by atomic mass is 16.4.